The normalized spacial score (nSPS) is 20.9. The van der Waals surface area contributed by atoms with Crippen molar-refractivity contribution in [3.63, 3.8) is 0 Å². The van der Waals surface area contributed by atoms with Gasteiger partial charge in [0.2, 0.25) is 11.8 Å². The van der Waals surface area contributed by atoms with Gasteiger partial charge in [-0.1, -0.05) is 27.7 Å². The predicted molar refractivity (Wildman–Crippen MR) is 98.8 cm³/mol. The molecule has 150 valence electrons. The number of carbonyl (C=O) groups is 3. The molecule has 6 N–H and O–H groups in total. The van der Waals surface area contributed by atoms with Crippen molar-refractivity contribution < 1.29 is 19.5 Å². The first kappa shape index (κ1) is 22.4. The van der Waals surface area contributed by atoms with Gasteiger partial charge in [0.05, 0.1) is 0 Å². The molecule has 0 aromatic heterocycles. The van der Waals surface area contributed by atoms with E-state index in [9.17, 15) is 19.5 Å². The summed E-state index contributed by atoms with van der Waals surface area (Å²) in [6.45, 7) is 8.16. The van der Waals surface area contributed by atoms with Crippen molar-refractivity contribution in [2.45, 2.75) is 77.6 Å². The number of hydrogen-bond donors (Lipinski definition) is 4. The lowest BCUT2D eigenvalue weighted by atomic mass is 9.99. The van der Waals surface area contributed by atoms with Crippen LogP contribution in [0.1, 0.15) is 53.4 Å². The fourth-order valence-corrected chi connectivity index (χ4v) is 3.31. The van der Waals surface area contributed by atoms with Crippen LogP contribution in [0.4, 0.5) is 0 Å². The largest absolute Gasteiger partial charge is 0.382 e. The first-order valence-electron chi connectivity index (χ1n) is 9.38. The van der Waals surface area contributed by atoms with Gasteiger partial charge in [-0.05, 0) is 37.5 Å². The molecule has 26 heavy (non-hydrogen) atoms. The third-order valence-electron chi connectivity index (χ3n) is 4.61. The van der Waals surface area contributed by atoms with Gasteiger partial charge in [-0.25, -0.2) is 0 Å². The van der Waals surface area contributed by atoms with Crippen molar-refractivity contribution in [3.05, 3.63) is 0 Å². The van der Waals surface area contributed by atoms with Gasteiger partial charge in [-0.15, -0.1) is 0 Å². The number of nitrogens with zero attached hydrogens (tertiary/aromatic N) is 1. The van der Waals surface area contributed by atoms with E-state index in [0.29, 0.717) is 32.2 Å². The Hall–Kier alpha value is -1.67. The van der Waals surface area contributed by atoms with Gasteiger partial charge >= 0.3 is 0 Å². The predicted octanol–water partition coefficient (Wildman–Crippen LogP) is -0.272. The molecule has 0 spiro atoms. The van der Waals surface area contributed by atoms with Crippen LogP contribution in [-0.2, 0) is 14.4 Å². The first-order valence-corrected chi connectivity index (χ1v) is 9.38. The number of nitrogens with two attached hydrogens (primary N) is 2. The van der Waals surface area contributed by atoms with E-state index in [-0.39, 0.29) is 11.8 Å². The molecule has 0 aromatic carbocycles. The highest BCUT2D eigenvalue weighted by Gasteiger charge is 2.39. The molecule has 0 radical (unpaired) electrons. The monoisotopic (exact) mass is 370 g/mol. The van der Waals surface area contributed by atoms with Crippen LogP contribution in [0.15, 0.2) is 0 Å². The lowest BCUT2D eigenvalue weighted by Crippen LogP contribution is -2.56. The Balaban J connectivity index is 2.77. The van der Waals surface area contributed by atoms with Crippen LogP contribution < -0.4 is 16.8 Å². The van der Waals surface area contributed by atoms with Crippen LogP contribution in [0.5, 0.6) is 0 Å². The number of amides is 3. The van der Waals surface area contributed by atoms with Gasteiger partial charge in [-0.2, -0.15) is 0 Å². The molecule has 0 saturated carbocycles. The Kier molecular flexibility index (Phi) is 8.49. The minimum atomic E-state index is -1.34. The molecule has 0 bridgehead atoms. The number of primary amides is 1. The van der Waals surface area contributed by atoms with E-state index in [0.717, 1.165) is 0 Å². The average Bonchev–Trinajstić information content (AvgIpc) is 3.01. The van der Waals surface area contributed by atoms with Gasteiger partial charge in [0.25, 0.3) is 5.91 Å². The molecule has 0 aliphatic carbocycles. The van der Waals surface area contributed by atoms with Crippen LogP contribution in [0.3, 0.4) is 0 Å². The van der Waals surface area contributed by atoms with E-state index < -0.39 is 42.0 Å². The van der Waals surface area contributed by atoms with Gasteiger partial charge in [0, 0.05) is 12.6 Å². The number of carbonyl (C=O) groups excluding carboxylic acids is 3. The van der Waals surface area contributed by atoms with E-state index >= 15 is 0 Å². The summed E-state index contributed by atoms with van der Waals surface area (Å²) in [5, 5.41) is 12.9. The molecule has 0 aromatic rings. The van der Waals surface area contributed by atoms with Gasteiger partial charge < -0.3 is 26.8 Å². The zero-order valence-electron chi connectivity index (χ0n) is 16.3. The molecular weight excluding hydrogens is 336 g/mol. The molecule has 4 atom stereocenters. The van der Waals surface area contributed by atoms with Crippen LogP contribution >= 0.6 is 0 Å². The fraction of sp³-hybridized carbons (Fsp3) is 0.833. The second-order valence-electron chi connectivity index (χ2n) is 8.02. The number of aliphatic hydroxyl groups excluding tert-OH is 1. The van der Waals surface area contributed by atoms with Crippen molar-refractivity contribution >= 4 is 17.7 Å². The molecule has 8 nitrogen and oxygen atoms in total. The highest BCUT2D eigenvalue weighted by molar-refractivity contribution is 5.93. The van der Waals surface area contributed by atoms with Crippen LogP contribution in [0.25, 0.3) is 0 Å². The second-order valence-corrected chi connectivity index (χ2v) is 8.02. The third-order valence-corrected chi connectivity index (χ3v) is 4.61. The maximum Gasteiger partial charge on any atom is 0.253 e. The highest BCUT2D eigenvalue weighted by atomic mass is 16.3. The lowest BCUT2D eigenvalue weighted by molar-refractivity contribution is -0.146. The summed E-state index contributed by atoms with van der Waals surface area (Å²) in [5.74, 6) is -1.11. The zero-order chi connectivity index (χ0) is 20.0. The maximum atomic E-state index is 12.6. The minimum Gasteiger partial charge on any atom is -0.382 e. The summed E-state index contributed by atoms with van der Waals surface area (Å²) >= 11 is 0. The highest BCUT2D eigenvalue weighted by Crippen LogP contribution is 2.20. The number of hydrogen-bond acceptors (Lipinski definition) is 5. The Bertz CT molecular complexity index is 509. The quantitative estimate of drug-likeness (QED) is 0.442. The Morgan fingerprint density at radius 2 is 1.73 bits per heavy atom. The van der Waals surface area contributed by atoms with Crippen LogP contribution in [-0.4, -0.2) is 58.5 Å². The molecule has 8 heteroatoms. The summed E-state index contributed by atoms with van der Waals surface area (Å²) < 4.78 is 0. The van der Waals surface area contributed by atoms with E-state index in [2.05, 4.69) is 5.32 Å². The van der Waals surface area contributed by atoms with Gasteiger partial charge in [0.15, 0.2) is 0 Å². The Labute approximate surface area is 155 Å². The number of nitrogens with one attached hydrogen (secondary N) is 1. The molecule has 1 heterocycles. The summed E-state index contributed by atoms with van der Waals surface area (Å²) in [7, 11) is 0. The molecule has 1 fully saturated rings. The minimum absolute atomic E-state index is 0.185. The fourth-order valence-electron chi connectivity index (χ4n) is 3.31. The van der Waals surface area contributed by atoms with Gasteiger partial charge in [-0.3, -0.25) is 14.4 Å². The van der Waals surface area contributed by atoms with E-state index in [1.807, 2.05) is 27.7 Å². The number of likely N-dealkylation sites (tertiary alicyclic amines) is 1. The van der Waals surface area contributed by atoms with E-state index in [1.165, 1.54) is 4.90 Å². The molecule has 1 rings (SSSR count). The van der Waals surface area contributed by atoms with E-state index in [1.54, 1.807) is 0 Å². The van der Waals surface area contributed by atoms with Crippen molar-refractivity contribution in [2.24, 2.45) is 23.3 Å². The van der Waals surface area contributed by atoms with Crippen molar-refractivity contribution in [1.29, 1.82) is 0 Å². The standard InChI is InChI=1S/C18H34N4O4/c1-10(2)8-12(19)15(23)18(26)22-7-5-6-14(22)17(25)21-13(16(20)24)9-11(3)4/h10-15,23H,5-9,19H2,1-4H3,(H2,20,24)(H,21,25)/t12-,13+,14+,15+/m1/s1. The molecule has 0 unspecified atom stereocenters. The smallest absolute Gasteiger partial charge is 0.253 e. The topological polar surface area (TPSA) is 139 Å². The Morgan fingerprint density at radius 1 is 1.15 bits per heavy atom. The van der Waals surface area contributed by atoms with Crippen molar-refractivity contribution in [1.82, 2.24) is 10.2 Å². The maximum absolute atomic E-state index is 12.6. The number of rotatable bonds is 9. The lowest BCUT2D eigenvalue weighted by Gasteiger charge is -2.30. The van der Waals surface area contributed by atoms with Crippen LogP contribution in [0.2, 0.25) is 0 Å². The Morgan fingerprint density at radius 3 is 2.23 bits per heavy atom. The zero-order valence-corrected chi connectivity index (χ0v) is 16.3. The SMILES string of the molecule is CC(C)C[C@H](NC(=O)[C@@H]1CCCN1C(=O)[C@@H](O)[C@H](N)CC(C)C)C(N)=O. The average molecular weight is 370 g/mol. The van der Waals surface area contributed by atoms with Gasteiger partial charge in [0.1, 0.15) is 18.2 Å². The van der Waals surface area contributed by atoms with E-state index in [4.69, 9.17) is 11.5 Å². The second kappa shape index (κ2) is 9.87. The molecule has 1 aliphatic heterocycles. The summed E-state index contributed by atoms with van der Waals surface area (Å²) in [4.78, 5) is 38.1. The van der Waals surface area contributed by atoms with Crippen molar-refractivity contribution in [3.8, 4) is 0 Å². The third kappa shape index (κ3) is 6.25. The summed E-state index contributed by atoms with van der Waals surface area (Å²) in [6, 6.07) is -2.16. The number of aliphatic hydroxyl groups is 1. The molecule has 1 aliphatic rings. The first-order chi connectivity index (χ1) is 12.0. The molecule has 1 saturated heterocycles. The summed E-state index contributed by atoms with van der Waals surface area (Å²) in [5.41, 5.74) is 11.3. The van der Waals surface area contributed by atoms with Crippen LogP contribution in [0, 0.1) is 11.8 Å². The van der Waals surface area contributed by atoms with Crippen molar-refractivity contribution in [2.75, 3.05) is 6.54 Å². The molecule has 3 amide bonds. The summed E-state index contributed by atoms with van der Waals surface area (Å²) in [6.07, 6.45) is 0.742. The molecular formula is C18H34N4O4.